The summed E-state index contributed by atoms with van der Waals surface area (Å²) in [6.07, 6.45) is 3.10. The van der Waals surface area contributed by atoms with Crippen molar-refractivity contribution < 1.29 is 14.3 Å². The van der Waals surface area contributed by atoms with E-state index in [4.69, 9.17) is 14.7 Å². The highest BCUT2D eigenvalue weighted by molar-refractivity contribution is 5.69. The van der Waals surface area contributed by atoms with Crippen LogP contribution in [0, 0.1) is 11.3 Å². The SMILES string of the molecule is CCOC(=O)CCCCCOc1ccc(N=Nc2ccc(C#N)cc2)cc1. The van der Waals surface area contributed by atoms with Gasteiger partial charge in [-0.25, -0.2) is 0 Å². The summed E-state index contributed by atoms with van der Waals surface area (Å²) >= 11 is 0. The molecule has 0 N–H and O–H groups in total. The number of rotatable bonds is 10. The normalized spacial score (nSPS) is 10.5. The van der Waals surface area contributed by atoms with Gasteiger partial charge in [0.15, 0.2) is 0 Å². The van der Waals surface area contributed by atoms with E-state index >= 15 is 0 Å². The van der Waals surface area contributed by atoms with Gasteiger partial charge in [-0.3, -0.25) is 4.79 Å². The molecule has 0 unspecified atom stereocenters. The molecular formula is C21H23N3O3. The highest BCUT2D eigenvalue weighted by Gasteiger charge is 2.01. The van der Waals surface area contributed by atoms with E-state index in [0.29, 0.717) is 30.9 Å². The Morgan fingerprint density at radius 3 is 2.19 bits per heavy atom. The molecule has 2 aromatic carbocycles. The van der Waals surface area contributed by atoms with Crippen molar-refractivity contribution in [2.45, 2.75) is 32.6 Å². The second-order valence-electron chi connectivity index (χ2n) is 5.82. The van der Waals surface area contributed by atoms with Crippen LogP contribution in [-0.4, -0.2) is 19.2 Å². The van der Waals surface area contributed by atoms with Crippen LogP contribution in [0.4, 0.5) is 11.4 Å². The number of ether oxygens (including phenoxy) is 2. The van der Waals surface area contributed by atoms with Crippen LogP contribution < -0.4 is 4.74 Å². The lowest BCUT2D eigenvalue weighted by molar-refractivity contribution is -0.143. The number of unbranched alkanes of at least 4 members (excludes halogenated alkanes) is 2. The third kappa shape index (κ3) is 7.70. The van der Waals surface area contributed by atoms with Crippen molar-refractivity contribution in [3.05, 3.63) is 54.1 Å². The first-order chi connectivity index (χ1) is 13.2. The lowest BCUT2D eigenvalue weighted by Gasteiger charge is -2.06. The third-order valence-corrected chi connectivity index (χ3v) is 3.71. The lowest BCUT2D eigenvalue weighted by atomic mass is 10.2. The van der Waals surface area contributed by atoms with E-state index in [1.807, 2.05) is 31.2 Å². The molecule has 0 spiro atoms. The van der Waals surface area contributed by atoms with Gasteiger partial charge >= 0.3 is 5.97 Å². The van der Waals surface area contributed by atoms with Gasteiger partial charge in [-0.15, -0.1) is 0 Å². The zero-order chi connectivity index (χ0) is 19.3. The Bertz CT molecular complexity index is 778. The van der Waals surface area contributed by atoms with Gasteiger partial charge in [-0.05, 0) is 74.7 Å². The fourth-order valence-corrected chi connectivity index (χ4v) is 2.30. The maximum Gasteiger partial charge on any atom is 0.305 e. The standard InChI is InChI=1S/C21H23N3O3/c1-2-26-21(25)6-4-3-5-15-27-20-13-11-19(12-14-20)24-23-18-9-7-17(16-22)8-10-18/h7-14H,2-6,15H2,1H3. The number of nitrogens with zero attached hydrogens (tertiary/aromatic N) is 3. The van der Waals surface area contributed by atoms with E-state index < -0.39 is 0 Å². The van der Waals surface area contributed by atoms with Crippen LogP contribution in [0.25, 0.3) is 0 Å². The molecule has 0 atom stereocenters. The Labute approximate surface area is 159 Å². The topological polar surface area (TPSA) is 84.0 Å². The second-order valence-corrected chi connectivity index (χ2v) is 5.82. The van der Waals surface area contributed by atoms with Gasteiger partial charge in [-0.1, -0.05) is 0 Å². The molecule has 0 aliphatic heterocycles. The van der Waals surface area contributed by atoms with E-state index in [9.17, 15) is 4.79 Å². The average Bonchev–Trinajstić information content (AvgIpc) is 2.70. The quantitative estimate of drug-likeness (QED) is 0.317. The summed E-state index contributed by atoms with van der Waals surface area (Å²) in [5, 5.41) is 17.1. The molecule has 27 heavy (non-hydrogen) atoms. The molecule has 2 aromatic rings. The van der Waals surface area contributed by atoms with Crippen molar-refractivity contribution in [3.63, 3.8) is 0 Å². The van der Waals surface area contributed by atoms with Crippen molar-refractivity contribution in [2.75, 3.05) is 13.2 Å². The molecule has 0 amide bonds. The largest absolute Gasteiger partial charge is 0.494 e. The molecule has 0 heterocycles. The third-order valence-electron chi connectivity index (χ3n) is 3.71. The molecule has 0 aliphatic carbocycles. The summed E-state index contributed by atoms with van der Waals surface area (Å²) in [4.78, 5) is 11.2. The number of hydrogen-bond acceptors (Lipinski definition) is 6. The van der Waals surface area contributed by atoms with Gasteiger partial charge < -0.3 is 9.47 Å². The zero-order valence-electron chi connectivity index (χ0n) is 15.4. The fraction of sp³-hybridized carbons (Fsp3) is 0.333. The molecule has 0 radical (unpaired) electrons. The van der Waals surface area contributed by atoms with Gasteiger partial charge in [0.05, 0.1) is 36.2 Å². The fourth-order valence-electron chi connectivity index (χ4n) is 2.30. The minimum atomic E-state index is -0.135. The molecule has 6 heteroatoms. The van der Waals surface area contributed by atoms with Crippen LogP contribution in [0.5, 0.6) is 5.75 Å². The number of esters is 1. The van der Waals surface area contributed by atoms with Crippen LogP contribution in [0.3, 0.4) is 0 Å². The zero-order valence-corrected chi connectivity index (χ0v) is 15.4. The van der Waals surface area contributed by atoms with E-state index in [1.165, 1.54) is 0 Å². The summed E-state index contributed by atoms with van der Waals surface area (Å²) in [5.74, 6) is 0.641. The number of carbonyl (C=O) groups excluding carboxylic acids is 1. The first-order valence-electron chi connectivity index (χ1n) is 9.01. The number of azo groups is 1. The second kappa shape index (κ2) is 11.4. The smallest absolute Gasteiger partial charge is 0.305 e. The predicted molar refractivity (Wildman–Crippen MR) is 102 cm³/mol. The first-order valence-corrected chi connectivity index (χ1v) is 9.01. The van der Waals surface area contributed by atoms with Crippen LogP contribution >= 0.6 is 0 Å². The Morgan fingerprint density at radius 2 is 1.59 bits per heavy atom. The Balaban J connectivity index is 1.69. The highest BCUT2D eigenvalue weighted by atomic mass is 16.5. The number of hydrogen-bond donors (Lipinski definition) is 0. The molecular weight excluding hydrogens is 342 g/mol. The Morgan fingerprint density at radius 1 is 0.963 bits per heavy atom. The molecule has 0 aromatic heterocycles. The molecule has 0 fully saturated rings. The van der Waals surface area contributed by atoms with Crippen LogP contribution in [0.2, 0.25) is 0 Å². The summed E-state index contributed by atoms with van der Waals surface area (Å²) < 4.78 is 10.6. The van der Waals surface area contributed by atoms with Crippen LogP contribution in [0.1, 0.15) is 38.2 Å². The van der Waals surface area contributed by atoms with Gasteiger partial charge in [0.25, 0.3) is 0 Å². The van der Waals surface area contributed by atoms with Gasteiger partial charge in [0, 0.05) is 6.42 Å². The van der Waals surface area contributed by atoms with Crippen molar-refractivity contribution in [2.24, 2.45) is 10.2 Å². The summed E-state index contributed by atoms with van der Waals surface area (Å²) in [5.41, 5.74) is 2.01. The monoisotopic (exact) mass is 365 g/mol. The summed E-state index contributed by atoms with van der Waals surface area (Å²) in [7, 11) is 0. The highest BCUT2D eigenvalue weighted by Crippen LogP contribution is 2.21. The van der Waals surface area contributed by atoms with E-state index in [1.54, 1.807) is 24.3 Å². The maximum atomic E-state index is 11.2. The number of carbonyl (C=O) groups is 1. The van der Waals surface area contributed by atoms with Crippen molar-refractivity contribution in [1.82, 2.24) is 0 Å². The molecule has 140 valence electrons. The van der Waals surface area contributed by atoms with Crippen molar-refractivity contribution in [3.8, 4) is 11.8 Å². The molecule has 2 rings (SSSR count). The van der Waals surface area contributed by atoms with E-state index in [2.05, 4.69) is 16.3 Å². The Hall–Kier alpha value is -3.20. The van der Waals surface area contributed by atoms with E-state index in [0.717, 1.165) is 30.7 Å². The molecule has 0 saturated heterocycles. The maximum absolute atomic E-state index is 11.2. The van der Waals surface area contributed by atoms with Crippen molar-refractivity contribution >= 4 is 17.3 Å². The Kier molecular flexibility index (Phi) is 8.51. The average molecular weight is 365 g/mol. The van der Waals surface area contributed by atoms with E-state index in [-0.39, 0.29) is 5.97 Å². The summed E-state index contributed by atoms with van der Waals surface area (Å²) in [6, 6.07) is 16.4. The molecule has 6 nitrogen and oxygen atoms in total. The molecule has 0 saturated carbocycles. The minimum absolute atomic E-state index is 0.135. The number of benzene rings is 2. The van der Waals surface area contributed by atoms with Gasteiger partial charge in [0.2, 0.25) is 0 Å². The lowest BCUT2D eigenvalue weighted by Crippen LogP contribution is -2.04. The minimum Gasteiger partial charge on any atom is -0.494 e. The van der Waals surface area contributed by atoms with Crippen molar-refractivity contribution in [1.29, 1.82) is 5.26 Å². The van der Waals surface area contributed by atoms with Gasteiger partial charge in [0.1, 0.15) is 5.75 Å². The van der Waals surface area contributed by atoms with Crippen LogP contribution in [0.15, 0.2) is 58.8 Å². The molecule has 0 aliphatic rings. The molecule has 0 bridgehead atoms. The van der Waals surface area contributed by atoms with Gasteiger partial charge in [-0.2, -0.15) is 15.5 Å². The predicted octanol–water partition coefficient (Wildman–Crippen LogP) is 5.48. The summed E-state index contributed by atoms with van der Waals surface area (Å²) in [6.45, 7) is 2.85. The number of nitriles is 1. The van der Waals surface area contributed by atoms with Crippen LogP contribution in [-0.2, 0) is 9.53 Å². The first kappa shape index (κ1) is 20.1.